The molecule has 0 radical (unpaired) electrons. The van der Waals surface area contributed by atoms with Gasteiger partial charge in [-0.25, -0.2) is 8.42 Å². The van der Waals surface area contributed by atoms with Gasteiger partial charge in [-0.1, -0.05) is 23.7 Å². The standard InChI is InChI=1S/C14H14BrClN2O2S/c1-10(11-3-5-13(16)6-4-11)18(2)21(19,20)14-7-12(15)8-17-9-14/h3-10H,1-2H3. The van der Waals surface area contributed by atoms with E-state index in [1.165, 1.54) is 16.6 Å². The normalized spacial score (nSPS) is 13.4. The van der Waals surface area contributed by atoms with Crippen molar-refractivity contribution < 1.29 is 8.42 Å². The second-order valence-corrected chi connectivity index (χ2v) is 7.94. The van der Waals surface area contributed by atoms with Crippen LogP contribution in [-0.4, -0.2) is 24.8 Å². The number of hydrogen-bond acceptors (Lipinski definition) is 3. The molecule has 0 aliphatic rings. The molecule has 1 atom stereocenters. The highest BCUT2D eigenvalue weighted by atomic mass is 79.9. The second-order valence-electron chi connectivity index (χ2n) is 4.59. The van der Waals surface area contributed by atoms with Gasteiger partial charge in [0.15, 0.2) is 0 Å². The van der Waals surface area contributed by atoms with Crippen LogP contribution in [0.3, 0.4) is 0 Å². The third-order valence-corrected chi connectivity index (χ3v) is 5.83. The van der Waals surface area contributed by atoms with Gasteiger partial charge in [-0.3, -0.25) is 4.98 Å². The van der Waals surface area contributed by atoms with Gasteiger partial charge in [0.25, 0.3) is 0 Å². The van der Waals surface area contributed by atoms with E-state index in [1.54, 1.807) is 25.4 Å². The van der Waals surface area contributed by atoms with Crippen molar-refractivity contribution >= 4 is 37.6 Å². The molecule has 0 spiro atoms. The van der Waals surface area contributed by atoms with Gasteiger partial charge >= 0.3 is 0 Å². The van der Waals surface area contributed by atoms with Crippen LogP contribution in [0.1, 0.15) is 18.5 Å². The highest BCUT2D eigenvalue weighted by molar-refractivity contribution is 9.10. The van der Waals surface area contributed by atoms with Gasteiger partial charge in [0.1, 0.15) is 4.90 Å². The van der Waals surface area contributed by atoms with E-state index >= 15 is 0 Å². The first-order valence-corrected chi connectivity index (χ1v) is 8.77. The van der Waals surface area contributed by atoms with Gasteiger partial charge in [-0.2, -0.15) is 4.31 Å². The lowest BCUT2D eigenvalue weighted by Crippen LogP contribution is -2.29. The van der Waals surface area contributed by atoms with Crippen LogP contribution in [0.5, 0.6) is 0 Å². The summed E-state index contributed by atoms with van der Waals surface area (Å²) in [5.41, 5.74) is 0.869. The van der Waals surface area contributed by atoms with Crippen molar-refractivity contribution in [2.24, 2.45) is 0 Å². The summed E-state index contributed by atoms with van der Waals surface area (Å²) in [5, 5.41) is 0.618. The molecule has 4 nitrogen and oxygen atoms in total. The molecule has 21 heavy (non-hydrogen) atoms. The Hall–Kier alpha value is -0.950. The van der Waals surface area contributed by atoms with Crippen molar-refractivity contribution in [2.45, 2.75) is 17.9 Å². The van der Waals surface area contributed by atoms with Crippen molar-refractivity contribution in [1.29, 1.82) is 0 Å². The second kappa shape index (κ2) is 6.44. The van der Waals surface area contributed by atoms with Crippen LogP contribution in [0.2, 0.25) is 5.02 Å². The van der Waals surface area contributed by atoms with E-state index in [-0.39, 0.29) is 10.9 Å². The fraction of sp³-hybridized carbons (Fsp3) is 0.214. The average molecular weight is 390 g/mol. The first-order valence-electron chi connectivity index (χ1n) is 6.16. The molecule has 2 rings (SSSR count). The third kappa shape index (κ3) is 3.63. The number of sulfonamides is 1. The van der Waals surface area contributed by atoms with E-state index in [4.69, 9.17) is 11.6 Å². The number of rotatable bonds is 4. The number of pyridine rings is 1. The maximum Gasteiger partial charge on any atom is 0.244 e. The molecule has 7 heteroatoms. The summed E-state index contributed by atoms with van der Waals surface area (Å²) >= 11 is 9.09. The summed E-state index contributed by atoms with van der Waals surface area (Å²) in [6.45, 7) is 1.83. The third-order valence-electron chi connectivity index (χ3n) is 3.25. The zero-order chi connectivity index (χ0) is 15.6. The maximum absolute atomic E-state index is 12.6. The van der Waals surface area contributed by atoms with Gasteiger partial charge in [-0.05, 0) is 46.6 Å². The molecule has 0 saturated heterocycles. The van der Waals surface area contributed by atoms with E-state index in [1.807, 2.05) is 19.1 Å². The summed E-state index contributed by atoms with van der Waals surface area (Å²) in [4.78, 5) is 4.06. The van der Waals surface area contributed by atoms with Crippen molar-refractivity contribution in [3.05, 3.63) is 57.8 Å². The lowest BCUT2D eigenvalue weighted by molar-refractivity contribution is 0.398. The molecule has 0 fully saturated rings. The maximum atomic E-state index is 12.6. The summed E-state index contributed by atoms with van der Waals surface area (Å²) in [7, 11) is -2.06. The van der Waals surface area contributed by atoms with Crippen molar-refractivity contribution in [2.75, 3.05) is 7.05 Å². The molecule has 1 aromatic carbocycles. The van der Waals surface area contributed by atoms with Crippen molar-refractivity contribution in [3.8, 4) is 0 Å². The van der Waals surface area contributed by atoms with Gasteiger partial charge < -0.3 is 0 Å². The summed E-state index contributed by atoms with van der Waals surface area (Å²) < 4.78 is 27.2. The van der Waals surface area contributed by atoms with Crippen LogP contribution >= 0.6 is 27.5 Å². The Kier molecular flexibility index (Phi) is 5.03. The largest absolute Gasteiger partial charge is 0.262 e. The molecule has 0 bridgehead atoms. The Morgan fingerprint density at radius 3 is 2.43 bits per heavy atom. The predicted octanol–water partition coefficient (Wildman–Crippen LogP) is 3.88. The molecular weight excluding hydrogens is 376 g/mol. The molecular formula is C14H14BrClN2O2S. The average Bonchev–Trinajstić information content (AvgIpc) is 2.46. The van der Waals surface area contributed by atoms with Gasteiger partial charge in [0.2, 0.25) is 10.0 Å². The number of benzene rings is 1. The molecule has 2 aromatic rings. The van der Waals surface area contributed by atoms with Crippen LogP contribution < -0.4 is 0 Å². The summed E-state index contributed by atoms with van der Waals surface area (Å²) in [6.07, 6.45) is 2.88. The molecule has 0 saturated carbocycles. The van der Waals surface area contributed by atoms with Crippen LogP contribution in [0.15, 0.2) is 52.1 Å². The SMILES string of the molecule is CC(c1ccc(Cl)cc1)N(C)S(=O)(=O)c1cncc(Br)c1. The van der Waals surface area contributed by atoms with E-state index in [9.17, 15) is 8.42 Å². The number of hydrogen-bond donors (Lipinski definition) is 0. The first kappa shape index (κ1) is 16.4. The Morgan fingerprint density at radius 1 is 1.24 bits per heavy atom. The zero-order valence-corrected chi connectivity index (χ0v) is 14.7. The minimum atomic E-state index is -3.61. The van der Waals surface area contributed by atoms with Crippen LogP contribution in [0.4, 0.5) is 0 Å². The molecule has 0 aliphatic heterocycles. The smallest absolute Gasteiger partial charge is 0.244 e. The molecule has 112 valence electrons. The first-order chi connectivity index (χ1) is 9.82. The number of aromatic nitrogens is 1. The lowest BCUT2D eigenvalue weighted by atomic mass is 10.1. The molecule has 1 aromatic heterocycles. The van der Waals surface area contributed by atoms with Crippen LogP contribution in [-0.2, 0) is 10.0 Å². The van der Waals surface area contributed by atoms with Gasteiger partial charge in [-0.15, -0.1) is 0 Å². The minimum Gasteiger partial charge on any atom is -0.262 e. The molecule has 1 unspecified atom stereocenters. The number of halogens is 2. The monoisotopic (exact) mass is 388 g/mol. The Balaban J connectivity index is 2.33. The van der Waals surface area contributed by atoms with Gasteiger partial charge in [0, 0.05) is 35.0 Å². The van der Waals surface area contributed by atoms with Crippen LogP contribution in [0, 0.1) is 0 Å². The molecule has 0 N–H and O–H groups in total. The zero-order valence-electron chi connectivity index (χ0n) is 11.5. The topological polar surface area (TPSA) is 50.3 Å². The molecule has 1 heterocycles. The van der Waals surface area contributed by atoms with E-state index in [0.29, 0.717) is 9.50 Å². The van der Waals surface area contributed by atoms with Crippen molar-refractivity contribution in [1.82, 2.24) is 9.29 Å². The number of nitrogens with zero attached hydrogens (tertiary/aromatic N) is 2. The Morgan fingerprint density at radius 2 is 1.86 bits per heavy atom. The quantitative estimate of drug-likeness (QED) is 0.797. The summed E-state index contributed by atoms with van der Waals surface area (Å²) in [6, 6.07) is 8.35. The lowest BCUT2D eigenvalue weighted by Gasteiger charge is -2.24. The van der Waals surface area contributed by atoms with Crippen molar-refractivity contribution in [3.63, 3.8) is 0 Å². The minimum absolute atomic E-state index is 0.153. The molecule has 0 aliphatic carbocycles. The highest BCUT2D eigenvalue weighted by Gasteiger charge is 2.26. The Labute approximate surface area is 137 Å². The van der Waals surface area contributed by atoms with E-state index in [2.05, 4.69) is 20.9 Å². The van der Waals surface area contributed by atoms with Crippen LogP contribution in [0.25, 0.3) is 0 Å². The predicted molar refractivity (Wildman–Crippen MR) is 86.8 cm³/mol. The fourth-order valence-corrected chi connectivity index (χ4v) is 3.84. The van der Waals surface area contributed by atoms with Gasteiger partial charge in [0.05, 0.1) is 0 Å². The molecule has 0 amide bonds. The van der Waals surface area contributed by atoms with E-state index in [0.717, 1.165) is 5.56 Å². The fourth-order valence-electron chi connectivity index (χ4n) is 1.86. The highest BCUT2D eigenvalue weighted by Crippen LogP contribution is 2.27. The van der Waals surface area contributed by atoms with E-state index < -0.39 is 10.0 Å². The Bertz CT molecular complexity index is 735. The summed E-state index contributed by atoms with van der Waals surface area (Å²) in [5.74, 6) is 0.